The quantitative estimate of drug-likeness (QED) is 0.772. The molecule has 0 unspecified atom stereocenters. The van der Waals surface area contributed by atoms with Crippen molar-refractivity contribution in [3.63, 3.8) is 0 Å². The van der Waals surface area contributed by atoms with Crippen molar-refractivity contribution in [2.45, 2.75) is 6.54 Å². The van der Waals surface area contributed by atoms with Crippen LogP contribution in [0.25, 0.3) is 0 Å². The summed E-state index contributed by atoms with van der Waals surface area (Å²) < 4.78 is 27.5. The van der Waals surface area contributed by atoms with Crippen LogP contribution in [0, 0.1) is 11.6 Å². The molecule has 1 aliphatic rings. The highest BCUT2D eigenvalue weighted by atomic mass is 35.5. The van der Waals surface area contributed by atoms with E-state index < -0.39 is 34.6 Å². The molecule has 0 aromatic heterocycles. The van der Waals surface area contributed by atoms with Gasteiger partial charge < -0.3 is 0 Å². The van der Waals surface area contributed by atoms with Gasteiger partial charge in [-0.3, -0.25) is 14.5 Å². The van der Waals surface area contributed by atoms with Crippen molar-refractivity contribution in [3.8, 4) is 0 Å². The zero-order chi connectivity index (χ0) is 16.0. The summed E-state index contributed by atoms with van der Waals surface area (Å²) in [6.07, 6.45) is 0. The van der Waals surface area contributed by atoms with Crippen molar-refractivity contribution in [1.29, 1.82) is 0 Å². The van der Waals surface area contributed by atoms with Gasteiger partial charge >= 0.3 is 0 Å². The second-order valence-corrected chi connectivity index (χ2v) is 5.49. The second-order valence-electron chi connectivity index (χ2n) is 4.68. The van der Waals surface area contributed by atoms with Gasteiger partial charge in [-0.2, -0.15) is 0 Å². The molecule has 2 aromatic rings. The Morgan fingerprint density at radius 1 is 0.864 bits per heavy atom. The highest BCUT2D eigenvalue weighted by molar-refractivity contribution is 6.36. The molecule has 0 fully saturated rings. The second kappa shape index (κ2) is 5.34. The molecule has 0 spiro atoms. The van der Waals surface area contributed by atoms with E-state index in [-0.39, 0.29) is 16.6 Å². The van der Waals surface area contributed by atoms with Crippen molar-refractivity contribution in [2.75, 3.05) is 0 Å². The molecule has 0 radical (unpaired) electrons. The van der Waals surface area contributed by atoms with Gasteiger partial charge in [-0.05, 0) is 24.3 Å². The Kier molecular flexibility index (Phi) is 3.62. The van der Waals surface area contributed by atoms with Gasteiger partial charge in [0.1, 0.15) is 11.6 Å². The van der Waals surface area contributed by atoms with Crippen molar-refractivity contribution in [2.24, 2.45) is 0 Å². The average Bonchev–Trinajstić information content (AvgIpc) is 2.72. The Balaban J connectivity index is 2.05. The van der Waals surface area contributed by atoms with Crippen LogP contribution in [0.5, 0.6) is 0 Å². The number of fused-ring (bicyclic) bond motifs is 1. The maximum atomic E-state index is 13.7. The van der Waals surface area contributed by atoms with Crippen LogP contribution in [0.3, 0.4) is 0 Å². The van der Waals surface area contributed by atoms with Crippen LogP contribution in [0.4, 0.5) is 8.78 Å². The number of imide groups is 1. The molecule has 112 valence electrons. The third kappa shape index (κ3) is 2.17. The number of hydrogen-bond acceptors (Lipinski definition) is 2. The van der Waals surface area contributed by atoms with Gasteiger partial charge in [0.15, 0.2) is 0 Å². The van der Waals surface area contributed by atoms with Gasteiger partial charge in [0.25, 0.3) is 11.8 Å². The lowest BCUT2D eigenvalue weighted by Crippen LogP contribution is -2.29. The molecular formula is C15H7Cl2F2NO2. The number of hydrogen-bond donors (Lipinski definition) is 0. The number of benzene rings is 2. The summed E-state index contributed by atoms with van der Waals surface area (Å²) >= 11 is 12.0. The van der Waals surface area contributed by atoms with Crippen LogP contribution >= 0.6 is 23.2 Å². The molecule has 2 amide bonds. The first-order valence-electron chi connectivity index (χ1n) is 6.19. The summed E-state index contributed by atoms with van der Waals surface area (Å²) in [7, 11) is 0. The van der Waals surface area contributed by atoms with Gasteiger partial charge in [-0.25, -0.2) is 8.78 Å². The molecule has 0 bridgehead atoms. The van der Waals surface area contributed by atoms with Gasteiger partial charge in [0, 0.05) is 15.6 Å². The highest BCUT2D eigenvalue weighted by Gasteiger charge is 2.40. The molecule has 22 heavy (non-hydrogen) atoms. The Morgan fingerprint density at radius 2 is 1.32 bits per heavy atom. The van der Waals surface area contributed by atoms with E-state index in [1.807, 2.05) is 0 Å². The maximum Gasteiger partial charge on any atom is 0.264 e. The molecule has 1 aliphatic heterocycles. The number of carbonyl (C=O) groups excluding carboxylic acids is 2. The fourth-order valence-electron chi connectivity index (χ4n) is 2.32. The third-order valence-electron chi connectivity index (χ3n) is 3.40. The van der Waals surface area contributed by atoms with Gasteiger partial charge in [-0.15, -0.1) is 0 Å². The van der Waals surface area contributed by atoms with Crippen molar-refractivity contribution >= 4 is 35.0 Å². The largest absolute Gasteiger partial charge is 0.270 e. The first kappa shape index (κ1) is 14.9. The predicted octanol–water partition coefficient (Wildman–Crippen LogP) is 4.07. The lowest BCUT2D eigenvalue weighted by molar-refractivity contribution is 0.0640. The monoisotopic (exact) mass is 341 g/mol. The lowest BCUT2D eigenvalue weighted by atomic mass is 10.1. The smallest absolute Gasteiger partial charge is 0.264 e. The van der Waals surface area contributed by atoms with E-state index in [4.69, 9.17) is 23.2 Å². The summed E-state index contributed by atoms with van der Waals surface area (Å²) in [5, 5.41) is 0.509. The molecular weight excluding hydrogens is 335 g/mol. The third-order valence-corrected chi connectivity index (χ3v) is 4.11. The van der Waals surface area contributed by atoms with Crippen molar-refractivity contribution < 1.29 is 18.4 Å². The Labute approximate surface area is 134 Å². The summed E-state index contributed by atoms with van der Waals surface area (Å²) in [6, 6.07) is 6.32. The first-order chi connectivity index (χ1) is 10.4. The number of nitrogens with zero attached hydrogens (tertiary/aromatic N) is 1. The topological polar surface area (TPSA) is 37.4 Å². The molecule has 3 nitrogen and oxygen atoms in total. The van der Waals surface area contributed by atoms with Crippen LogP contribution in [0.15, 0.2) is 30.3 Å². The molecule has 0 saturated heterocycles. The Morgan fingerprint density at radius 3 is 1.77 bits per heavy atom. The molecule has 0 aliphatic carbocycles. The highest BCUT2D eigenvalue weighted by Crippen LogP contribution is 2.32. The molecule has 0 atom stereocenters. The zero-order valence-electron chi connectivity index (χ0n) is 10.9. The molecule has 7 heteroatoms. The van der Waals surface area contributed by atoms with Gasteiger partial charge in [0.05, 0.1) is 17.7 Å². The van der Waals surface area contributed by atoms with E-state index in [2.05, 4.69) is 0 Å². The van der Waals surface area contributed by atoms with E-state index in [1.54, 1.807) is 18.2 Å². The Bertz CT molecular complexity index is 762. The maximum absolute atomic E-state index is 13.7. The first-order valence-corrected chi connectivity index (χ1v) is 6.94. The van der Waals surface area contributed by atoms with Gasteiger partial charge in [0.2, 0.25) is 0 Å². The van der Waals surface area contributed by atoms with E-state index in [0.717, 1.165) is 17.0 Å². The number of carbonyl (C=O) groups is 2. The van der Waals surface area contributed by atoms with Crippen LogP contribution in [0.2, 0.25) is 10.0 Å². The molecule has 2 aromatic carbocycles. The van der Waals surface area contributed by atoms with Gasteiger partial charge in [-0.1, -0.05) is 29.3 Å². The lowest BCUT2D eigenvalue weighted by Gasteiger charge is -2.15. The molecule has 3 rings (SSSR count). The minimum atomic E-state index is -0.942. The summed E-state index contributed by atoms with van der Waals surface area (Å²) in [5.41, 5.74) is -0.789. The number of amides is 2. The standard InChI is InChI=1S/C15H7Cl2F2NO2/c16-8-2-1-3-9(17)7(8)6-20-14(21)12-10(18)4-5-11(19)13(12)15(20)22/h1-5H,6H2. The fraction of sp³-hybridized carbons (Fsp3) is 0.0667. The van der Waals surface area contributed by atoms with E-state index in [9.17, 15) is 18.4 Å². The summed E-state index contributed by atoms with van der Waals surface area (Å²) in [4.78, 5) is 25.2. The SMILES string of the molecule is O=C1c2c(F)ccc(F)c2C(=O)N1Cc1c(Cl)cccc1Cl. The minimum Gasteiger partial charge on any atom is -0.270 e. The average molecular weight is 342 g/mol. The molecule has 1 heterocycles. The summed E-state index contributed by atoms with van der Waals surface area (Å²) in [6.45, 7) is -0.260. The summed E-state index contributed by atoms with van der Waals surface area (Å²) in [5.74, 6) is -3.70. The van der Waals surface area contributed by atoms with Crippen LogP contribution in [-0.4, -0.2) is 16.7 Å². The van der Waals surface area contributed by atoms with Crippen LogP contribution in [-0.2, 0) is 6.54 Å². The normalized spacial score (nSPS) is 13.7. The Hall–Kier alpha value is -1.98. The van der Waals surface area contributed by atoms with E-state index in [1.165, 1.54) is 0 Å². The fourth-order valence-corrected chi connectivity index (χ4v) is 2.83. The number of rotatable bonds is 2. The number of halogens is 4. The minimum absolute atomic E-state index is 0.255. The molecule has 0 N–H and O–H groups in total. The van der Waals surface area contributed by atoms with E-state index >= 15 is 0 Å². The van der Waals surface area contributed by atoms with Crippen molar-refractivity contribution in [1.82, 2.24) is 4.90 Å². The van der Waals surface area contributed by atoms with Crippen LogP contribution < -0.4 is 0 Å². The van der Waals surface area contributed by atoms with E-state index in [0.29, 0.717) is 5.56 Å². The molecule has 0 saturated carbocycles. The zero-order valence-corrected chi connectivity index (χ0v) is 12.4. The van der Waals surface area contributed by atoms with Crippen LogP contribution in [0.1, 0.15) is 26.3 Å². The predicted molar refractivity (Wildman–Crippen MR) is 77.0 cm³/mol. The van der Waals surface area contributed by atoms with Crippen molar-refractivity contribution in [3.05, 3.63) is 68.7 Å².